The zero-order chi connectivity index (χ0) is 22.9. The number of amides is 1. The van der Waals surface area contributed by atoms with Gasteiger partial charge in [0.25, 0.3) is 0 Å². The van der Waals surface area contributed by atoms with E-state index in [0.717, 1.165) is 28.5 Å². The third-order valence-electron chi connectivity index (χ3n) is 5.95. The predicted octanol–water partition coefficient (Wildman–Crippen LogP) is 7.53. The molecule has 1 amide bonds. The number of thioether (sulfide) groups is 1. The van der Waals surface area contributed by atoms with E-state index in [4.69, 9.17) is 4.74 Å². The number of nitrogens with zero attached hydrogens (tertiary/aromatic N) is 1. The van der Waals surface area contributed by atoms with Crippen LogP contribution >= 0.6 is 23.1 Å². The lowest BCUT2D eigenvalue weighted by molar-refractivity contribution is -0.111. The fourth-order valence-electron chi connectivity index (χ4n) is 4.04. The molecule has 1 saturated carbocycles. The number of carbonyl (C=O) groups is 1. The monoisotopic (exact) mass is 478 g/mol. The van der Waals surface area contributed by atoms with Crippen molar-refractivity contribution in [2.24, 2.45) is 5.92 Å². The van der Waals surface area contributed by atoms with Gasteiger partial charge >= 0.3 is 0 Å². The first-order chi connectivity index (χ1) is 16.2. The molecule has 0 spiro atoms. The second-order valence-corrected chi connectivity index (χ2v) is 10.3. The van der Waals surface area contributed by atoms with E-state index in [2.05, 4.69) is 34.6 Å². The number of hydrogen-bond donors (Lipinski definition) is 1. The zero-order valence-corrected chi connectivity index (χ0v) is 20.6. The van der Waals surface area contributed by atoms with Crippen LogP contribution in [-0.2, 0) is 4.79 Å². The van der Waals surface area contributed by atoms with Gasteiger partial charge in [0.15, 0.2) is 5.13 Å². The Morgan fingerprint density at radius 3 is 2.61 bits per heavy atom. The van der Waals surface area contributed by atoms with Gasteiger partial charge < -0.3 is 4.74 Å². The summed E-state index contributed by atoms with van der Waals surface area (Å²) in [7, 11) is 1.64. The second-order valence-electron chi connectivity index (χ2n) is 8.30. The van der Waals surface area contributed by atoms with Crippen molar-refractivity contribution in [2.45, 2.75) is 43.4 Å². The van der Waals surface area contributed by atoms with E-state index in [1.807, 2.05) is 47.5 Å². The number of methoxy groups -OCH3 is 1. The lowest BCUT2D eigenvalue weighted by Gasteiger charge is -2.21. The third kappa shape index (κ3) is 7.21. The van der Waals surface area contributed by atoms with Crippen LogP contribution in [0.5, 0.6) is 5.75 Å². The second kappa shape index (κ2) is 12.1. The maximum absolute atomic E-state index is 12.3. The molecule has 1 N–H and O–H groups in total. The number of carbonyl (C=O) groups excluding carboxylic acids is 1. The maximum atomic E-state index is 12.3. The lowest BCUT2D eigenvalue weighted by atomic mass is 9.88. The molecule has 33 heavy (non-hydrogen) atoms. The summed E-state index contributed by atoms with van der Waals surface area (Å²) < 4.78 is 5.19. The van der Waals surface area contributed by atoms with Crippen molar-refractivity contribution in [3.8, 4) is 17.0 Å². The van der Waals surface area contributed by atoms with Crippen LogP contribution in [0.3, 0.4) is 0 Å². The van der Waals surface area contributed by atoms with E-state index >= 15 is 0 Å². The van der Waals surface area contributed by atoms with Crippen LogP contribution in [0.4, 0.5) is 5.13 Å². The van der Waals surface area contributed by atoms with Gasteiger partial charge in [0.2, 0.25) is 5.91 Å². The molecule has 0 saturated heterocycles. The summed E-state index contributed by atoms with van der Waals surface area (Å²) in [5.41, 5.74) is 2.83. The first-order valence-electron chi connectivity index (χ1n) is 11.5. The van der Waals surface area contributed by atoms with Gasteiger partial charge in [-0.2, -0.15) is 0 Å². The minimum absolute atomic E-state index is 0.184. The third-order valence-corrected chi connectivity index (χ3v) is 7.75. The Kier molecular flexibility index (Phi) is 8.61. The Morgan fingerprint density at radius 2 is 1.88 bits per heavy atom. The van der Waals surface area contributed by atoms with Gasteiger partial charge in [-0.15, -0.1) is 23.1 Å². The molecule has 4 rings (SSSR count). The highest BCUT2D eigenvalue weighted by atomic mass is 32.2. The van der Waals surface area contributed by atoms with Gasteiger partial charge in [-0.05, 0) is 66.1 Å². The molecule has 3 aromatic rings. The summed E-state index contributed by atoms with van der Waals surface area (Å²) in [4.78, 5) is 18.1. The van der Waals surface area contributed by atoms with Crippen LogP contribution in [0.2, 0.25) is 0 Å². The Morgan fingerprint density at radius 1 is 1.12 bits per heavy atom. The molecule has 1 heterocycles. The average Bonchev–Trinajstić information content (AvgIpc) is 3.32. The summed E-state index contributed by atoms with van der Waals surface area (Å²) in [6.07, 6.45) is 11.8. The van der Waals surface area contributed by atoms with Crippen LogP contribution in [0, 0.1) is 5.92 Å². The molecule has 0 radical (unpaired) electrons. The van der Waals surface area contributed by atoms with Crippen molar-refractivity contribution in [3.05, 3.63) is 65.6 Å². The number of hydrogen-bond acceptors (Lipinski definition) is 5. The number of ether oxygens (including phenoxy) is 1. The highest BCUT2D eigenvalue weighted by Crippen LogP contribution is 2.29. The molecule has 172 valence electrons. The van der Waals surface area contributed by atoms with E-state index in [1.165, 1.54) is 60.5 Å². The summed E-state index contributed by atoms with van der Waals surface area (Å²) in [5.74, 6) is 2.74. The van der Waals surface area contributed by atoms with E-state index in [1.54, 1.807) is 13.2 Å². The predicted molar refractivity (Wildman–Crippen MR) is 140 cm³/mol. The fourth-order valence-corrected chi connectivity index (χ4v) is 5.78. The maximum Gasteiger partial charge on any atom is 0.250 e. The highest BCUT2D eigenvalue weighted by molar-refractivity contribution is 7.99. The fraction of sp³-hybridized carbons (Fsp3) is 0.333. The van der Waals surface area contributed by atoms with E-state index in [-0.39, 0.29) is 5.91 Å². The van der Waals surface area contributed by atoms with Gasteiger partial charge in [-0.25, -0.2) is 4.98 Å². The van der Waals surface area contributed by atoms with Gasteiger partial charge in [0.05, 0.1) is 12.8 Å². The standard InChI is InChI=1S/C27H30N2O2S2/c1-31-23-12-10-22(11-13-23)25-19-33-27(28-25)29-26(30)16-9-21-7-14-24(15-8-21)32-18-17-20-5-3-2-4-6-20/h7-16,19-20H,2-6,17-18H2,1H3,(H,28,29,30)/b16-9-. The van der Waals surface area contributed by atoms with Crippen molar-refractivity contribution in [1.29, 1.82) is 0 Å². The molecule has 0 unspecified atom stereocenters. The Labute approximate surface area is 204 Å². The molecule has 0 atom stereocenters. The molecule has 1 fully saturated rings. The SMILES string of the molecule is COc1ccc(-c2csc(NC(=O)/C=C\c3ccc(SCCC4CCCCC4)cc3)n2)cc1. The van der Waals surface area contributed by atoms with E-state index in [0.29, 0.717) is 5.13 Å². The molecular formula is C27H30N2O2S2. The average molecular weight is 479 g/mol. The van der Waals surface area contributed by atoms with Crippen molar-refractivity contribution < 1.29 is 9.53 Å². The van der Waals surface area contributed by atoms with Crippen LogP contribution < -0.4 is 10.1 Å². The molecular weight excluding hydrogens is 448 g/mol. The lowest BCUT2D eigenvalue weighted by Crippen LogP contribution is -2.07. The van der Waals surface area contributed by atoms with Crippen LogP contribution in [0.15, 0.2) is 64.9 Å². The van der Waals surface area contributed by atoms with Crippen LogP contribution in [-0.4, -0.2) is 23.8 Å². The molecule has 1 aliphatic carbocycles. The number of benzene rings is 2. The van der Waals surface area contributed by atoms with E-state index < -0.39 is 0 Å². The highest BCUT2D eigenvalue weighted by Gasteiger charge is 2.13. The minimum atomic E-state index is -0.184. The summed E-state index contributed by atoms with van der Waals surface area (Å²) in [6, 6.07) is 16.1. The summed E-state index contributed by atoms with van der Waals surface area (Å²) in [5, 5.41) is 5.37. The van der Waals surface area contributed by atoms with Crippen LogP contribution in [0.25, 0.3) is 17.3 Å². The first kappa shape index (κ1) is 23.6. The molecule has 1 aromatic heterocycles. The van der Waals surface area contributed by atoms with Gasteiger partial charge in [-0.3, -0.25) is 10.1 Å². The molecule has 0 bridgehead atoms. The normalized spacial score (nSPS) is 14.5. The van der Waals surface area contributed by atoms with Crippen molar-refractivity contribution in [2.75, 3.05) is 18.2 Å². The van der Waals surface area contributed by atoms with Crippen molar-refractivity contribution in [3.63, 3.8) is 0 Å². The van der Waals surface area contributed by atoms with E-state index in [9.17, 15) is 4.79 Å². The summed E-state index contributed by atoms with van der Waals surface area (Å²) in [6.45, 7) is 0. The number of thiazole rings is 1. The number of nitrogens with one attached hydrogen (secondary N) is 1. The number of rotatable bonds is 9. The number of anilines is 1. The Hall–Kier alpha value is -2.57. The van der Waals surface area contributed by atoms with Crippen molar-refractivity contribution in [1.82, 2.24) is 4.98 Å². The quantitative estimate of drug-likeness (QED) is 0.255. The Bertz CT molecular complexity index is 1050. The largest absolute Gasteiger partial charge is 0.497 e. The molecule has 6 heteroatoms. The molecule has 0 aliphatic heterocycles. The summed E-state index contributed by atoms with van der Waals surface area (Å²) >= 11 is 3.35. The number of aromatic nitrogens is 1. The zero-order valence-electron chi connectivity index (χ0n) is 19.0. The smallest absolute Gasteiger partial charge is 0.250 e. The van der Waals surface area contributed by atoms with Gasteiger partial charge in [0.1, 0.15) is 5.75 Å². The molecule has 1 aliphatic rings. The van der Waals surface area contributed by atoms with Gasteiger partial charge in [-0.1, -0.05) is 44.2 Å². The first-order valence-corrected chi connectivity index (χ1v) is 13.4. The molecule has 2 aromatic carbocycles. The van der Waals surface area contributed by atoms with Crippen molar-refractivity contribution >= 4 is 40.2 Å². The molecule has 4 nitrogen and oxygen atoms in total. The van der Waals surface area contributed by atoms with Crippen LogP contribution in [0.1, 0.15) is 44.1 Å². The minimum Gasteiger partial charge on any atom is -0.497 e. The topological polar surface area (TPSA) is 51.2 Å². The Balaban J connectivity index is 1.24. The van der Waals surface area contributed by atoms with Gasteiger partial charge in [0, 0.05) is 21.9 Å².